The summed E-state index contributed by atoms with van der Waals surface area (Å²) in [7, 11) is 0. The van der Waals surface area contributed by atoms with Gasteiger partial charge >= 0.3 is 0 Å². The van der Waals surface area contributed by atoms with Crippen molar-refractivity contribution in [1.82, 2.24) is 29.9 Å². The Hall–Kier alpha value is -7.70. The van der Waals surface area contributed by atoms with Gasteiger partial charge in [0.15, 0.2) is 34.9 Å². The SMILES string of the molecule is c1ccc(-c2nc(-c3ccccc3)nc(-c3ccc4c(c3)c(-c3ccccc3)c(-c3nc(-c5ccccc5)nc(-c5ccccc5)n3)c3ccccc34)n2)cc1. The van der Waals surface area contributed by atoms with Crippen molar-refractivity contribution in [2.75, 3.05) is 0 Å². The van der Waals surface area contributed by atoms with E-state index in [0.717, 1.165) is 66.1 Å². The minimum Gasteiger partial charge on any atom is -0.208 e. The summed E-state index contributed by atoms with van der Waals surface area (Å²) in [6, 6.07) is 65.9. The van der Waals surface area contributed by atoms with Crippen LogP contribution in [-0.2, 0) is 0 Å². The number of rotatable bonds is 7. The standard InChI is InChI=1S/C50H32N6/c1-6-18-33(19-7-1)43-42-32-38(49-53-45(34-20-8-2-9-21-34)51-46(54-49)35-22-10-3-11-23-35)30-31-40(42)39-28-16-17-29-41(39)44(43)50-55-47(36-24-12-4-13-25-36)52-48(56-50)37-26-14-5-15-27-37/h1-32H. The highest BCUT2D eigenvalue weighted by Crippen LogP contribution is 2.45. The molecule has 0 unspecified atom stereocenters. The molecular formula is C50H32N6. The number of fused-ring (bicyclic) bond motifs is 3. The smallest absolute Gasteiger partial charge is 0.165 e. The van der Waals surface area contributed by atoms with Gasteiger partial charge in [0.05, 0.1) is 0 Å². The van der Waals surface area contributed by atoms with E-state index in [9.17, 15) is 0 Å². The van der Waals surface area contributed by atoms with Gasteiger partial charge in [-0.1, -0.05) is 188 Å². The normalized spacial score (nSPS) is 11.2. The van der Waals surface area contributed by atoms with Gasteiger partial charge in [-0.05, 0) is 33.2 Å². The first-order chi connectivity index (χ1) is 27.8. The van der Waals surface area contributed by atoms with Gasteiger partial charge in [0.1, 0.15) is 0 Å². The van der Waals surface area contributed by atoms with E-state index in [2.05, 4.69) is 66.7 Å². The summed E-state index contributed by atoms with van der Waals surface area (Å²) in [6.45, 7) is 0. The summed E-state index contributed by atoms with van der Waals surface area (Å²) in [5.41, 5.74) is 7.55. The Bertz CT molecular complexity index is 2880. The van der Waals surface area contributed by atoms with Gasteiger partial charge in [-0.2, -0.15) is 0 Å². The van der Waals surface area contributed by atoms with E-state index in [4.69, 9.17) is 29.9 Å². The highest BCUT2D eigenvalue weighted by Gasteiger charge is 2.23. The third-order valence-corrected chi connectivity index (χ3v) is 9.97. The summed E-state index contributed by atoms with van der Waals surface area (Å²) >= 11 is 0. The average Bonchev–Trinajstić information content (AvgIpc) is 3.29. The molecule has 0 fully saturated rings. The zero-order valence-electron chi connectivity index (χ0n) is 30.2. The van der Waals surface area contributed by atoms with Crippen LogP contribution >= 0.6 is 0 Å². The Labute approximate surface area is 324 Å². The molecule has 56 heavy (non-hydrogen) atoms. The molecule has 0 atom stereocenters. The Morgan fingerprint density at radius 3 is 0.946 bits per heavy atom. The summed E-state index contributed by atoms with van der Waals surface area (Å²) in [5.74, 6) is 3.63. The molecule has 2 heterocycles. The molecule has 10 rings (SSSR count). The van der Waals surface area contributed by atoms with Crippen LogP contribution in [0.25, 0.3) is 101 Å². The minimum atomic E-state index is 0.589. The van der Waals surface area contributed by atoms with E-state index in [0.29, 0.717) is 34.9 Å². The van der Waals surface area contributed by atoms with E-state index >= 15 is 0 Å². The average molecular weight is 717 g/mol. The number of hydrogen-bond donors (Lipinski definition) is 0. The lowest BCUT2D eigenvalue weighted by atomic mass is 9.86. The Morgan fingerprint density at radius 1 is 0.196 bits per heavy atom. The molecular weight excluding hydrogens is 685 g/mol. The fourth-order valence-corrected chi connectivity index (χ4v) is 7.33. The minimum absolute atomic E-state index is 0.589. The third-order valence-electron chi connectivity index (χ3n) is 9.97. The molecule has 0 radical (unpaired) electrons. The van der Waals surface area contributed by atoms with Crippen LogP contribution < -0.4 is 0 Å². The number of aromatic nitrogens is 6. The van der Waals surface area contributed by atoms with Crippen molar-refractivity contribution in [3.63, 3.8) is 0 Å². The van der Waals surface area contributed by atoms with Crippen molar-refractivity contribution in [2.24, 2.45) is 0 Å². The van der Waals surface area contributed by atoms with Gasteiger partial charge in [-0.3, -0.25) is 0 Å². The molecule has 6 heteroatoms. The van der Waals surface area contributed by atoms with Crippen molar-refractivity contribution in [3.05, 3.63) is 194 Å². The van der Waals surface area contributed by atoms with E-state index in [1.165, 1.54) is 0 Å². The van der Waals surface area contributed by atoms with Crippen molar-refractivity contribution in [1.29, 1.82) is 0 Å². The molecule has 0 aliphatic heterocycles. The highest BCUT2D eigenvalue weighted by molar-refractivity contribution is 6.21. The van der Waals surface area contributed by atoms with E-state index in [1.54, 1.807) is 0 Å². The Morgan fingerprint density at radius 2 is 0.518 bits per heavy atom. The van der Waals surface area contributed by atoms with Crippen molar-refractivity contribution >= 4 is 21.5 Å². The molecule has 0 amide bonds. The fourth-order valence-electron chi connectivity index (χ4n) is 7.33. The van der Waals surface area contributed by atoms with E-state index in [-0.39, 0.29) is 0 Å². The van der Waals surface area contributed by atoms with Crippen LogP contribution in [0.4, 0.5) is 0 Å². The fraction of sp³-hybridized carbons (Fsp3) is 0. The Balaban J connectivity index is 1.29. The van der Waals surface area contributed by atoms with Crippen LogP contribution in [0.1, 0.15) is 0 Å². The first-order valence-corrected chi connectivity index (χ1v) is 18.6. The molecule has 2 aromatic heterocycles. The van der Waals surface area contributed by atoms with Gasteiger partial charge in [-0.25, -0.2) is 29.9 Å². The van der Waals surface area contributed by atoms with Gasteiger partial charge in [0.2, 0.25) is 0 Å². The van der Waals surface area contributed by atoms with Crippen LogP contribution in [0, 0.1) is 0 Å². The zero-order valence-corrected chi connectivity index (χ0v) is 30.2. The molecule has 0 saturated carbocycles. The van der Waals surface area contributed by atoms with Crippen molar-refractivity contribution in [3.8, 4) is 79.5 Å². The maximum Gasteiger partial charge on any atom is 0.165 e. The van der Waals surface area contributed by atoms with Crippen LogP contribution in [0.15, 0.2) is 194 Å². The second kappa shape index (κ2) is 14.3. The highest BCUT2D eigenvalue weighted by atomic mass is 15.0. The van der Waals surface area contributed by atoms with Crippen LogP contribution in [0.5, 0.6) is 0 Å². The zero-order chi connectivity index (χ0) is 37.3. The van der Waals surface area contributed by atoms with Crippen LogP contribution in [0.3, 0.4) is 0 Å². The largest absolute Gasteiger partial charge is 0.208 e. The maximum absolute atomic E-state index is 5.26. The molecule has 0 aliphatic carbocycles. The molecule has 8 aromatic carbocycles. The molecule has 6 nitrogen and oxygen atoms in total. The lowest BCUT2D eigenvalue weighted by Gasteiger charge is -2.19. The van der Waals surface area contributed by atoms with Crippen molar-refractivity contribution < 1.29 is 0 Å². The maximum atomic E-state index is 5.26. The molecule has 0 N–H and O–H groups in total. The first-order valence-electron chi connectivity index (χ1n) is 18.6. The third kappa shape index (κ3) is 6.15. The number of hydrogen-bond acceptors (Lipinski definition) is 6. The quantitative estimate of drug-likeness (QED) is 0.153. The van der Waals surface area contributed by atoms with Gasteiger partial charge in [-0.15, -0.1) is 0 Å². The van der Waals surface area contributed by atoms with Gasteiger partial charge in [0.25, 0.3) is 0 Å². The predicted molar refractivity (Wildman–Crippen MR) is 226 cm³/mol. The summed E-state index contributed by atoms with van der Waals surface area (Å²) in [5, 5.41) is 4.28. The lowest BCUT2D eigenvalue weighted by molar-refractivity contribution is 1.07. The summed E-state index contributed by atoms with van der Waals surface area (Å²) in [4.78, 5) is 30.7. The monoisotopic (exact) mass is 716 g/mol. The number of benzene rings is 8. The van der Waals surface area contributed by atoms with Crippen LogP contribution in [-0.4, -0.2) is 29.9 Å². The summed E-state index contributed by atoms with van der Waals surface area (Å²) < 4.78 is 0. The topological polar surface area (TPSA) is 77.3 Å². The molecule has 10 aromatic rings. The molecule has 0 bridgehead atoms. The molecule has 0 aliphatic rings. The van der Waals surface area contributed by atoms with E-state index in [1.807, 2.05) is 127 Å². The summed E-state index contributed by atoms with van der Waals surface area (Å²) in [6.07, 6.45) is 0. The van der Waals surface area contributed by atoms with Crippen LogP contribution in [0.2, 0.25) is 0 Å². The second-order valence-electron chi connectivity index (χ2n) is 13.5. The second-order valence-corrected chi connectivity index (χ2v) is 13.5. The lowest BCUT2D eigenvalue weighted by Crippen LogP contribution is -2.02. The molecule has 262 valence electrons. The molecule has 0 spiro atoms. The Kier molecular flexibility index (Phi) is 8.39. The predicted octanol–water partition coefficient (Wildman–Crippen LogP) is 12.0. The van der Waals surface area contributed by atoms with Gasteiger partial charge < -0.3 is 0 Å². The number of nitrogens with zero attached hydrogens (tertiary/aromatic N) is 6. The van der Waals surface area contributed by atoms with E-state index < -0.39 is 0 Å². The van der Waals surface area contributed by atoms with Gasteiger partial charge in [0, 0.05) is 38.9 Å². The molecule has 0 saturated heterocycles. The van der Waals surface area contributed by atoms with Crippen molar-refractivity contribution in [2.45, 2.75) is 0 Å². The first kappa shape index (κ1) is 32.9.